The van der Waals surface area contributed by atoms with Crippen molar-refractivity contribution < 1.29 is 26.8 Å². The highest BCUT2D eigenvalue weighted by molar-refractivity contribution is 6.59. The van der Waals surface area contributed by atoms with Crippen LogP contribution >= 0.6 is 0 Å². The Kier molecular flexibility index (Phi) is 7.73. The van der Waals surface area contributed by atoms with Crippen molar-refractivity contribution in [1.29, 1.82) is 0 Å². The molecule has 7 heteroatoms. The van der Waals surface area contributed by atoms with Gasteiger partial charge in [0.2, 0.25) is 0 Å². The SMILES string of the molecule is CC(C)O[Si](O)(CCCCc1c(F)cc(F)cc1F)OC(C)C. The van der Waals surface area contributed by atoms with Gasteiger partial charge in [-0.3, -0.25) is 0 Å². The topological polar surface area (TPSA) is 38.7 Å². The van der Waals surface area contributed by atoms with Crippen LogP contribution in [0, 0.1) is 17.5 Å². The van der Waals surface area contributed by atoms with Gasteiger partial charge in [0.05, 0.1) is 0 Å². The van der Waals surface area contributed by atoms with Crippen molar-refractivity contribution in [2.45, 2.75) is 65.2 Å². The van der Waals surface area contributed by atoms with Crippen molar-refractivity contribution in [2.75, 3.05) is 0 Å². The summed E-state index contributed by atoms with van der Waals surface area (Å²) in [4.78, 5) is 10.5. The minimum atomic E-state index is -3.30. The highest BCUT2D eigenvalue weighted by Crippen LogP contribution is 2.21. The van der Waals surface area contributed by atoms with E-state index in [-0.39, 0.29) is 24.2 Å². The zero-order valence-corrected chi connectivity index (χ0v) is 15.0. The third kappa shape index (κ3) is 7.03. The van der Waals surface area contributed by atoms with E-state index in [1.165, 1.54) is 0 Å². The summed E-state index contributed by atoms with van der Waals surface area (Å²) < 4.78 is 51.0. The van der Waals surface area contributed by atoms with Crippen LogP contribution in [-0.4, -0.2) is 25.8 Å². The molecular formula is C16H25F3O3Si. The van der Waals surface area contributed by atoms with Crippen LogP contribution in [0.5, 0.6) is 0 Å². The molecule has 0 heterocycles. The molecule has 1 aromatic rings. The second-order valence-corrected chi connectivity index (χ2v) is 8.50. The predicted molar refractivity (Wildman–Crippen MR) is 84.5 cm³/mol. The average Bonchev–Trinajstić information content (AvgIpc) is 2.34. The molecule has 0 bridgehead atoms. The zero-order valence-electron chi connectivity index (χ0n) is 14.0. The number of unbranched alkanes of at least 4 members (excludes halogenated alkanes) is 1. The van der Waals surface area contributed by atoms with Gasteiger partial charge in [-0.15, -0.1) is 0 Å². The highest BCUT2D eigenvalue weighted by Gasteiger charge is 2.38. The van der Waals surface area contributed by atoms with Gasteiger partial charge in [-0.05, 0) is 47.0 Å². The van der Waals surface area contributed by atoms with E-state index in [9.17, 15) is 18.0 Å². The molecule has 1 rings (SSSR count). The Morgan fingerprint density at radius 3 is 1.87 bits per heavy atom. The van der Waals surface area contributed by atoms with Crippen LogP contribution in [0.15, 0.2) is 12.1 Å². The maximum Gasteiger partial charge on any atom is 0.498 e. The van der Waals surface area contributed by atoms with E-state index in [0.717, 1.165) is 0 Å². The zero-order chi connectivity index (χ0) is 17.6. The maximum atomic E-state index is 13.5. The molecule has 0 spiro atoms. The number of hydrogen-bond donors (Lipinski definition) is 1. The van der Waals surface area contributed by atoms with E-state index in [0.29, 0.717) is 31.0 Å². The summed E-state index contributed by atoms with van der Waals surface area (Å²) in [6.45, 7) is 7.24. The number of hydrogen-bond acceptors (Lipinski definition) is 3. The van der Waals surface area contributed by atoms with Crippen LogP contribution in [0.3, 0.4) is 0 Å². The Morgan fingerprint density at radius 2 is 1.43 bits per heavy atom. The fourth-order valence-electron chi connectivity index (χ4n) is 2.34. The quantitative estimate of drug-likeness (QED) is 0.536. The monoisotopic (exact) mass is 350 g/mol. The normalized spacial score (nSPS) is 12.4. The second-order valence-electron chi connectivity index (χ2n) is 6.10. The predicted octanol–water partition coefficient (Wildman–Crippen LogP) is 4.21. The highest BCUT2D eigenvalue weighted by atomic mass is 28.4. The standard InChI is InChI=1S/C16H25F3O3Si/c1-11(2)21-23(20,22-12(3)4)8-6-5-7-14-15(18)9-13(17)10-16(14)19/h9-12,20H,5-8H2,1-4H3. The smallest absolute Gasteiger partial charge is 0.390 e. The Bertz CT molecular complexity index is 476. The molecule has 1 aromatic carbocycles. The number of benzene rings is 1. The second kappa shape index (κ2) is 8.82. The van der Waals surface area contributed by atoms with Crippen LogP contribution in [0.1, 0.15) is 46.1 Å². The largest absolute Gasteiger partial charge is 0.498 e. The van der Waals surface area contributed by atoms with Crippen molar-refractivity contribution in [3.8, 4) is 0 Å². The molecule has 0 atom stereocenters. The summed E-state index contributed by atoms with van der Waals surface area (Å²) in [5.41, 5.74) is -0.133. The Morgan fingerprint density at radius 1 is 0.957 bits per heavy atom. The molecule has 3 nitrogen and oxygen atoms in total. The molecule has 0 aromatic heterocycles. The molecule has 0 fully saturated rings. The van der Waals surface area contributed by atoms with Gasteiger partial charge in [0.15, 0.2) is 0 Å². The summed E-state index contributed by atoms with van der Waals surface area (Å²) >= 11 is 0. The summed E-state index contributed by atoms with van der Waals surface area (Å²) in [6, 6.07) is 1.66. The summed E-state index contributed by atoms with van der Waals surface area (Å²) in [5.74, 6) is -2.69. The first kappa shape index (κ1) is 20.2. The summed E-state index contributed by atoms with van der Waals surface area (Å²) in [6.07, 6.45) is 0.733. The van der Waals surface area contributed by atoms with E-state index in [1.54, 1.807) is 0 Å². The van der Waals surface area contributed by atoms with Gasteiger partial charge in [0.25, 0.3) is 0 Å². The van der Waals surface area contributed by atoms with Crippen molar-refractivity contribution in [3.63, 3.8) is 0 Å². The fraction of sp³-hybridized carbons (Fsp3) is 0.625. The van der Waals surface area contributed by atoms with Crippen molar-refractivity contribution in [3.05, 3.63) is 35.1 Å². The molecule has 1 N–H and O–H groups in total. The molecule has 0 unspecified atom stereocenters. The van der Waals surface area contributed by atoms with Gasteiger partial charge in [0.1, 0.15) is 17.5 Å². The molecule has 0 aliphatic rings. The average molecular weight is 350 g/mol. The van der Waals surface area contributed by atoms with Crippen LogP contribution in [0.25, 0.3) is 0 Å². The molecule has 0 aliphatic carbocycles. The lowest BCUT2D eigenvalue weighted by Gasteiger charge is -2.28. The molecule has 0 amide bonds. The number of halogens is 3. The lowest BCUT2D eigenvalue weighted by Crippen LogP contribution is -2.46. The third-order valence-corrected chi connectivity index (χ3v) is 5.78. The van der Waals surface area contributed by atoms with E-state index in [2.05, 4.69) is 0 Å². The minimum Gasteiger partial charge on any atom is -0.390 e. The van der Waals surface area contributed by atoms with E-state index < -0.39 is 26.3 Å². The van der Waals surface area contributed by atoms with Gasteiger partial charge < -0.3 is 13.6 Å². The van der Waals surface area contributed by atoms with Gasteiger partial charge in [0, 0.05) is 35.9 Å². The molecule has 0 saturated carbocycles. The van der Waals surface area contributed by atoms with Crippen LogP contribution in [-0.2, 0) is 15.3 Å². The van der Waals surface area contributed by atoms with Crippen LogP contribution in [0.2, 0.25) is 6.04 Å². The van der Waals surface area contributed by atoms with Gasteiger partial charge in [-0.1, -0.05) is 0 Å². The Labute approximate surface area is 136 Å². The van der Waals surface area contributed by atoms with E-state index in [1.807, 2.05) is 27.7 Å². The Hall–Kier alpha value is -0.893. The molecule has 0 aliphatic heterocycles. The minimum absolute atomic E-state index is 0.131. The van der Waals surface area contributed by atoms with Gasteiger partial charge >= 0.3 is 8.80 Å². The lowest BCUT2D eigenvalue weighted by molar-refractivity contribution is 0.0472. The number of rotatable bonds is 9. The first-order valence-electron chi connectivity index (χ1n) is 7.84. The first-order chi connectivity index (χ1) is 10.6. The molecule has 132 valence electrons. The lowest BCUT2D eigenvalue weighted by atomic mass is 10.1. The van der Waals surface area contributed by atoms with Crippen molar-refractivity contribution >= 4 is 8.80 Å². The fourth-order valence-corrected chi connectivity index (χ4v) is 4.80. The Balaban J connectivity index is 2.57. The summed E-state index contributed by atoms with van der Waals surface area (Å²) in [5, 5.41) is 0. The van der Waals surface area contributed by atoms with Gasteiger partial charge in [-0.25, -0.2) is 13.2 Å². The van der Waals surface area contributed by atoms with Crippen LogP contribution in [0.4, 0.5) is 13.2 Å². The summed E-state index contributed by atoms with van der Waals surface area (Å²) in [7, 11) is -3.30. The maximum absolute atomic E-state index is 13.5. The van der Waals surface area contributed by atoms with Crippen molar-refractivity contribution in [2.24, 2.45) is 0 Å². The van der Waals surface area contributed by atoms with Crippen LogP contribution < -0.4 is 0 Å². The molecule has 23 heavy (non-hydrogen) atoms. The molecular weight excluding hydrogens is 325 g/mol. The van der Waals surface area contributed by atoms with Crippen molar-refractivity contribution in [1.82, 2.24) is 0 Å². The van der Waals surface area contributed by atoms with Gasteiger partial charge in [-0.2, -0.15) is 0 Å². The molecule has 0 radical (unpaired) electrons. The first-order valence-corrected chi connectivity index (χ1v) is 9.81. The van der Waals surface area contributed by atoms with E-state index in [4.69, 9.17) is 8.85 Å². The molecule has 0 saturated heterocycles. The van der Waals surface area contributed by atoms with E-state index >= 15 is 0 Å². The third-order valence-electron chi connectivity index (χ3n) is 3.11.